The first-order valence-electron chi connectivity index (χ1n) is 9.33. The first-order valence-corrected chi connectivity index (χ1v) is 9.33. The van der Waals surface area contributed by atoms with Gasteiger partial charge in [-0.25, -0.2) is 0 Å². The van der Waals surface area contributed by atoms with Crippen molar-refractivity contribution in [3.05, 3.63) is 39.4 Å². The summed E-state index contributed by atoms with van der Waals surface area (Å²) >= 11 is 0. The summed E-state index contributed by atoms with van der Waals surface area (Å²) in [5.74, 6) is -1.55. The SMILES string of the molecule is CCCCCC(CC)NC(=O)CCN1C(=O)c2cccc([N+](=O)[O-])c2C1=O. The standard InChI is InChI=1S/C19H25N3O5/c1-3-5-6-8-13(4-2)20-16(23)11-12-21-18(24)14-9-7-10-15(22(26)27)17(14)19(21)25/h7,9-10,13H,3-6,8,11-12H2,1-2H3,(H,20,23). The number of nitro groups is 1. The second kappa shape index (κ2) is 9.25. The van der Waals surface area contributed by atoms with Crippen LogP contribution in [0.3, 0.4) is 0 Å². The lowest BCUT2D eigenvalue weighted by atomic mass is 10.1. The third-order valence-corrected chi connectivity index (χ3v) is 4.75. The molecule has 1 atom stereocenters. The van der Waals surface area contributed by atoms with Crippen molar-refractivity contribution in [2.45, 2.75) is 58.4 Å². The van der Waals surface area contributed by atoms with Crippen molar-refractivity contribution in [3.63, 3.8) is 0 Å². The van der Waals surface area contributed by atoms with Crippen molar-refractivity contribution in [2.24, 2.45) is 0 Å². The van der Waals surface area contributed by atoms with Crippen LogP contribution >= 0.6 is 0 Å². The summed E-state index contributed by atoms with van der Waals surface area (Å²) < 4.78 is 0. The molecule has 1 aromatic carbocycles. The number of amides is 3. The number of hydrogen-bond donors (Lipinski definition) is 1. The van der Waals surface area contributed by atoms with E-state index in [4.69, 9.17) is 0 Å². The van der Waals surface area contributed by atoms with E-state index in [1.807, 2.05) is 6.92 Å². The fourth-order valence-corrected chi connectivity index (χ4v) is 3.20. The van der Waals surface area contributed by atoms with Crippen molar-refractivity contribution in [1.29, 1.82) is 0 Å². The lowest BCUT2D eigenvalue weighted by molar-refractivity contribution is -0.385. The third-order valence-electron chi connectivity index (χ3n) is 4.75. The van der Waals surface area contributed by atoms with Crippen LogP contribution in [0.4, 0.5) is 5.69 Å². The third kappa shape index (κ3) is 4.69. The number of nitrogens with one attached hydrogen (secondary N) is 1. The summed E-state index contributed by atoms with van der Waals surface area (Å²) in [6, 6.07) is 4.04. The van der Waals surface area contributed by atoms with E-state index in [2.05, 4.69) is 12.2 Å². The Morgan fingerprint density at radius 1 is 1.22 bits per heavy atom. The average Bonchev–Trinajstić information content (AvgIpc) is 2.89. The molecule has 0 bridgehead atoms. The number of imide groups is 1. The van der Waals surface area contributed by atoms with E-state index in [1.165, 1.54) is 18.2 Å². The van der Waals surface area contributed by atoms with Crippen molar-refractivity contribution in [1.82, 2.24) is 10.2 Å². The number of carbonyl (C=O) groups is 3. The molecule has 1 N–H and O–H groups in total. The molecule has 8 heteroatoms. The lowest BCUT2D eigenvalue weighted by Crippen LogP contribution is -2.38. The molecular weight excluding hydrogens is 350 g/mol. The zero-order valence-corrected chi connectivity index (χ0v) is 15.7. The van der Waals surface area contributed by atoms with Gasteiger partial charge in [0.15, 0.2) is 0 Å². The molecule has 2 rings (SSSR count). The zero-order valence-electron chi connectivity index (χ0n) is 15.7. The Morgan fingerprint density at radius 2 is 1.96 bits per heavy atom. The predicted molar refractivity (Wildman–Crippen MR) is 99.4 cm³/mol. The number of hydrogen-bond acceptors (Lipinski definition) is 5. The van der Waals surface area contributed by atoms with Gasteiger partial charge in [-0.15, -0.1) is 0 Å². The molecule has 0 aliphatic carbocycles. The van der Waals surface area contributed by atoms with E-state index in [9.17, 15) is 24.5 Å². The highest BCUT2D eigenvalue weighted by Gasteiger charge is 2.40. The lowest BCUT2D eigenvalue weighted by Gasteiger charge is -2.18. The molecule has 0 aromatic heterocycles. The number of carbonyl (C=O) groups excluding carboxylic acids is 3. The monoisotopic (exact) mass is 375 g/mol. The van der Waals surface area contributed by atoms with Crippen molar-refractivity contribution < 1.29 is 19.3 Å². The van der Waals surface area contributed by atoms with Crippen LogP contribution < -0.4 is 5.32 Å². The maximum atomic E-state index is 12.5. The van der Waals surface area contributed by atoms with E-state index in [0.29, 0.717) is 0 Å². The Balaban J connectivity index is 1.97. The number of nitro benzene ring substituents is 1. The molecule has 1 aliphatic rings. The number of benzene rings is 1. The smallest absolute Gasteiger partial charge is 0.282 e. The molecule has 0 fully saturated rings. The van der Waals surface area contributed by atoms with Gasteiger partial charge >= 0.3 is 0 Å². The van der Waals surface area contributed by atoms with Gasteiger partial charge in [-0.05, 0) is 18.9 Å². The molecule has 0 spiro atoms. The Kier molecular flexibility index (Phi) is 7.04. The van der Waals surface area contributed by atoms with Crippen molar-refractivity contribution >= 4 is 23.4 Å². The Bertz CT molecular complexity index is 747. The van der Waals surface area contributed by atoms with Gasteiger partial charge in [-0.3, -0.25) is 29.4 Å². The highest BCUT2D eigenvalue weighted by atomic mass is 16.6. The van der Waals surface area contributed by atoms with Crippen LogP contribution in [0.5, 0.6) is 0 Å². The molecule has 27 heavy (non-hydrogen) atoms. The Hall–Kier alpha value is -2.77. The molecule has 0 radical (unpaired) electrons. The second-order valence-electron chi connectivity index (χ2n) is 6.64. The summed E-state index contributed by atoms with van der Waals surface area (Å²) in [7, 11) is 0. The summed E-state index contributed by atoms with van der Waals surface area (Å²) in [5.41, 5.74) is -0.570. The molecule has 0 saturated heterocycles. The summed E-state index contributed by atoms with van der Waals surface area (Å²) in [4.78, 5) is 48.4. The minimum atomic E-state index is -0.718. The maximum Gasteiger partial charge on any atom is 0.282 e. The summed E-state index contributed by atoms with van der Waals surface area (Å²) in [6.45, 7) is 4.02. The van der Waals surface area contributed by atoms with Crippen LogP contribution in [-0.2, 0) is 4.79 Å². The molecule has 1 aromatic rings. The normalized spacial score (nSPS) is 14.2. The molecule has 146 valence electrons. The average molecular weight is 375 g/mol. The van der Waals surface area contributed by atoms with Crippen LogP contribution in [-0.4, -0.2) is 40.1 Å². The van der Waals surface area contributed by atoms with E-state index in [-0.39, 0.29) is 41.7 Å². The highest BCUT2D eigenvalue weighted by Crippen LogP contribution is 2.30. The summed E-state index contributed by atoms with van der Waals surface area (Å²) in [6.07, 6.45) is 4.95. The minimum Gasteiger partial charge on any atom is -0.353 e. The van der Waals surface area contributed by atoms with Crippen LogP contribution in [0.15, 0.2) is 18.2 Å². The molecule has 1 unspecified atom stereocenters. The second-order valence-corrected chi connectivity index (χ2v) is 6.64. The molecular formula is C19H25N3O5. The quantitative estimate of drug-likeness (QED) is 0.292. The number of rotatable bonds is 10. The maximum absolute atomic E-state index is 12.5. The first kappa shape index (κ1) is 20.5. The highest BCUT2D eigenvalue weighted by molar-refractivity contribution is 6.23. The largest absolute Gasteiger partial charge is 0.353 e. The van der Waals surface area contributed by atoms with Crippen LogP contribution in [0.25, 0.3) is 0 Å². The molecule has 0 saturated carbocycles. The topological polar surface area (TPSA) is 110 Å². The van der Waals surface area contributed by atoms with Gasteiger partial charge in [0.1, 0.15) is 5.56 Å². The van der Waals surface area contributed by atoms with Gasteiger partial charge in [0.05, 0.1) is 10.5 Å². The van der Waals surface area contributed by atoms with Crippen LogP contribution in [0.2, 0.25) is 0 Å². The Labute approximate surface area is 158 Å². The van der Waals surface area contributed by atoms with E-state index >= 15 is 0 Å². The Morgan fingerprint density at radius 3 is 2.59 bits per heavy atom. The number of fused-ring (bicyclic) bond motifs is 1. The number of unbranched alkanes of at least 4 members (excludes halogenated alkanes) is 2. The molecule has 1 aliphatic heterocycles. The summed E-state index contributed by atoms with van der Waals surface area (Å²) in [5, 5.41) is 14.0. The van der Waals surface area contributed by atoms with Gasteiger partial charge < -0.3 is 5.32 Å². The van der Waals surface area contributed by atoms with Crippen molar-refractivity contribution in [2.75, 3.05) is 6.54 Å². The van der Waals surface area contributed by atoms with Crippen LogP contribution in [0, 0.1) is 10.1 Å². The number of nitrogens with zero attached hydrogens (tertiary/aromatic N) is 2. The fourth-order valence-electron chi connectivity index (χ4n) is 3.20. The minimum absolute atomic E-state index is 0.0145. The van der Waals surface area contributed by atoms with E-state index in [0.717, 1.165) is 37.0 Å². The van der Waals surface area contributed by atoms with Gasteiger partial charge in [-0.1, -0.05) is 39.2 Å². The van der Waals surface area contributed by atoms with Crippen molar-refractivity contribution in [3.8, 4) is 0 Å². The molecule has 8 nitrogen and oxygen atoms in total. The molecule has 1 heterocycles. The van der Waals surface area contributed by atoms with Gasteiger partial charge in [0.2, 0.25) is 5.91 Å². The van der Waals surface area contributed by atoms with Gasteiger partial charge in [0.25, 0.3) is 17.5 Å². The molecule has 3 amide bonds. The first-order chi connectivity index (χ1) is 12.9. The predicted octanol–water partition coefficient (Wildman–Crippen LogP) is 3.06. The van der Waals surface area contributed by atoms with E-state index < -0.39 is 16.7 Å². The van der Waals surface area contributed by atoms with E-state index in [1.54, 1.807) is 0 Å². The van der Waals surface area contributed by atoms with Crippen LogP contribution in [0.1, 0.15) is 73.1 Å². The van der Waals surface area contributed by atoms with Gasteiger partial charge in [0, 0.05) is 25.1 Å². The van der Waals surface area contributed by atoms with Gasteiger partial charge in [-0.2, -0.15) is 0 Å². The zero-order chi connectivity index (χ0) is 20.0. The fraction of sp³-hybridized carbons (Fsp3) is 0.526.